The van der Waals surface area contributed by atoms with Crippen LogP contribution in [0.3, 0.4) is 0 Å². The zero-order valence-corrected chi connectivity index (χ0v) is 14.6. The summed E-state index contributed by atoms with van der Waals surface area (Å²) in [6.45, 7) is 6.12. The van der Waals surface area contributed by atoms with E-state index in [1.807, 2.05) is 19.1 Å². The highest BCUT2D eigenvalue weighted by Gasteiger charge is 2.27. The van der Waals surface area contributed by atoms with E-state index in [2.05, 4.69) is 10.2 Å². The monoisotopic (exact) mass is 353 g/mol. The summed E-state index contributed by atoms with van der Waals surface area (Å²) in [5.41, 5.74) is 0. The van der Waals surface area contributed by atoms with Gasteiger partial charge in [-0.25, -0.2) is 0 Å². The first-order valence-electron chi connectivity index (χ1n) is 8.20. The highest BCUT2D eigenvalue weighted by molar-refractivity contribution is 8.13. The molecule has 1 atom stereocenters. The summed E-state index contributed by atoms with van der Waals surface area (Å²) in [4.78, 5) is 27.6. The summed E-state index contributed by atoms with van der Waals surface area (Å²) in [6.07, 6.45) is 0. The molecule has 0 aromatic carbocycles. The summed E-state index contributed by atoms with van der Waals surface area (Å²) in [6, 6.07) is 3.88. The predicted octanol–water partition coefficient (Wildman–Crippen LogP) is 1.25. The standard InChI is InChI=1S/C16H23N3O4S/c1-12-2-3-14(23-12)13(18-4-7-22-8-5-18)10-17-15(20)11-19-6-9-24-16(19)21/h2-3,13H,4-11H2,1H3,(H,17,20). The lowest BCUT2D eigenvalue weighted by molar-refractivity contribution is -0.121. The second-order valence-electron chi connectivity index (χ2n) is 5.95. The zero-order chi connectivity index (χ0) is 16.9. The minimum absolute atomic E-state index is 0.0171. The summed E-state index contributed by atoms with van der Waals surface area (Å²) >= 11 is 1.26. The Morgan fingerprint density at radius 3 is 2.75 bits per heavy atom. The molecule has 24 heavy (non-hydrogen) atoms. The summed E-state index contributed by atoms with van der Waals surface area (Å²) < 4.78 is 11.2. The number of furan rings is 1. The third kappa shape index (κ3) is 4.31. The van der Waals surface area contributed by atoms with Gasteiger partial charge in [0.1, 0.15) is 18.1 Å². The third-order valence-corrected chi connectivity index (χ3v) is 5.14. The van der Waals surface area contributed by atoms with Crippen molar-refractivity contribution in [1.82, 2.24) is 15.1 Å². The van der Waals surface area contributed by atoms with E-state index in [0.29, 0.717) is 26.3 Å². The van der Waals surface area contributed by atoms with Crippen LogP contribution in [0, 0.1) is 6.92 Å². The molecule has 2 aliphatic heterocycles. The van der Waals surface area contributed by atoms with Crippen LogP contribution in [0.1, 0.15) is 17.6 Å². The molecule has 8 heteroatoms. The fourth-order valence-corrected chi connectivity index (χ4v) is 3.77. The average Bonchev–Trinajstić information content (AvgIpc) is 3.18. The Balaban J connectivity index is 1.59. The van der Waals surface area contributed by atoms with Crippen molar-refractivity contribution in [1.29, 1.82) is 0 Å². The molecule has 0 bridgehead atoms. The van der Waals surface area contributed by atoms with E-state index in [4.69, 9.17) is 9.15 Å². The van der Waals surface area contributed by atoms with Crippen molar-refractivity contribution in [2.45, 2.75) is 13.0 Å². The molecule has 1 aromatic heterocycles. The molecule has 2 fully saturated rings. The molecule has 2 saturated heterocycles. The molecular formula is C16H23N3O4S. The Kier molecular flexibility index (Phi) is 5.80. The first kappa shape index (κ1) is 17.3. The van der Waals surface area contributed by atoms with Gasteiger partial charge >= 0.3 is 0 Å². The fraction of sp³-hybridized carbons (Fsp3) is 0.625. The van der Waals surface area contributed by atoms with Gasteiger partial charge in [-0.05, 0) is 19.1 Å². The molecule has 2 aliphatic rings. The van der Waals surface area contributed by atoms with Crippen molar-refractivity contribution < 1.29 is 18.7 Å². The smallest absolute Gasteiger partial charge is 0.282 e. The van der Waals surface area contributed by atoms with Crippen molar-refractivity contribution >= 4 is 22.9 Å². The highest BCUT2D eigenvalue weighted by Crippen LogP contribution is 2.23. The Bertz CT molecular complexity index is 586. The molecule has 3 rings (SSSR count). The van der Waals surface area contributed by atoms with Gasteiger partial charge in [0.05, 0.1) is 19.3 Å². The summed E-state index contributed by atoms with van der Waals surface area (Å²) in [5, 5.41) is 2.93. The molecule has 1 unspecified atom stereocenters. The van der Waals surface area contributed by atoms with Crippen LogP contribution in [0.15, 0.2) is 16.5 Å². The van der Waals surface area contributed by atoms with E-state index in [-0.39, 0.29) is 23.7 Å². The molecule has 0 radical (unpaired) electrons. The number of thioether (sulfide) groups is 1. The first-order valence-corrected chi connectivity index (χ1v) is 9.18. The van der Waals surface area contributed by atoms with E-state index < -0.39 is 0 Å². The van der Waals surface area contributed by atoms with Crippen molar-refractivity contribution in [3.63, 3.8) is 0 Å². The van der Waals surface area contributed by atoms with E-state index in [9.17, 15) is 9.59 Å². The number of morpholine rings is 1. The maximum Gasteiger partial charge on any atom is 0.282 e. The number of ether oxygens (including phenoxy) is 1. The Morgan fingerprint density at radius 1 is 1.33 bits per heavy atom. The van der Waals surface area contributed by atoms with E-state index >= 15 is 0 Å². The second kappa shape index (κ2) is 8.04. The molecule has 7 nitrogen and oxygen atoms in total. The van der Waals surface area contributed by atoms with Gasteiger partial charge in [0.25, 0.3) is 5.24 Å². The van der Waals surface area contributed by atoms with Gasteiger partial charge in [-0.15, -0.1) is 0 Å². The minimum Gasteiger partial charge on any atom is -0.465 e. The molecule has 3 heterocycles. The molecule has 0 aliphatic carbocycles. The van der Waals surface area contributed by atoms with Crippen LogP contribution >= 0.6 is 11.8 Å². The molecule has 132 valence electrons. The summed E-state index contributed by atoms with van der Waals surface area (Å²) in [7, 11) is 0. The van der Waals surface area contributed by atoms with Gasteiger partial charge in [0.2, 0.25) is 5.91 Å². The number of hydrogen-bond donors (Lipinski definition) is 1. The third-order valence-electron chi connectivity index (χ3n) is 4.25. The van der Waals surface area contributed by atoms with Crippen molar-refractivity contribution in [2.24, 2.45) is 0 Å². The number of nitrogens with one attached hydrogen (secondary N) is 1. The van der Waals surface area contributed by atoms with Crippen molar-refractivity contribution in [3.8, 4) is 0 Å². The van der Waals surface area contributed by atoms with Gasteiger partial charge in [0.15, 0.2) is 0 Å². The first-order chi connectivity index (χ1) is 11.6. The van der Waals surface area contributed by atoms with Gasteiger partial charge in [-0.3, -0.25) is 14.5 Å². The van der Waals surface area contributed by atoms with Gasteiger partial charge in [-0.2, -0.15) is 0 Å². The number of rotatable bonds is 6. The average molecular weight is 353 g/mol. The second-order valence-corrected chi connectivity index (χ2v) is 7.00. The number of nitrogens with zero attached hydrogens (tertiary/aromatic N) is 2. The van der Waals surface area contributed by atoms with E-state index in [0.717, 1.165) is 30.4 Å². The maximum absolute atomic E-state index is 12.2. The summed E-state index contributed by atoms with van der Waals surface area (Å²) in [5.74, 6) is 2.33. The molecule has 0 saturated carbocycles. The fourth-order valence-electron chi connectivity index (χ4n) is 2.94. The lowest BCUT2D eigenvalue weighted by Crippen LogP contribution is -2.45. The molecule has 0 spiro atoms. The normalized spacial score (nSPS) is 20.4. The number of amides is 2. The largest absolute Gasteiger partial charge is 0.465 e. The molecular weight excluding hydrogens is 330 g/mol. The SMILES string of the molecule is Cc1ccc(C(CNC(=O)CN2CCSC2=O)N2CCOCC2)o1. The van der Waals surface area contributed by atoms with Crippen molar-refractivity contribution in [3.05, 3.63) is 23.7 Å². The van der Waals surface area contributed by atoms with Crippen LogP contribution in [0.4, 0.5) is 4.79 Å². The Labute approximate surface area is 145 Å². The maximum atomic E-state index is 12.2. The number of aryl methyl sites for hydroxylation is 1. The lowest BCUT2D eigenvalue weighted by atomic mass is 10.1. The molecule has 1 aromatic rings. The zero-order valence-electron chi connectivity index (χ0n) is 13.8. The van der Waals surface area contributed by atoms with E-state index in [1.165, 1.54) is 11.8 Å². The van der Waals surface area contributed by atoms with Crippen LogP contribution in [0.2, 0.25) is 0 Å². The van der Waals surface area contributed by atoms with Crippen LogP contribution in [0.5, 0.6) is 0 Å². The van der Waals surface area contributed by atoms with Gasteiger partial charge in [-0.1, -0.05) is 11.8 Å². The van der Waals surface area contributed by atoms with Crippen molar-refractivity contribution in [2.75, 3.05) is 51.7 Å². The predicted molar refractivity (Wildman–Crippen MR) is 91.0 cm³/mol. The number of carbonyl (C=O) groups is 2. The van der Waals surface area contributed by atoms with Crippen LogP contribution in [-0.2, 0) is 9.53 Å². The van der Waals surface area contributed by atoms with Gasteiger partial charge in [0, 0.05) is 31.9 Å². The highest BCUT2D eigenvalue weighted by atomic mass is 32.2. The minimum atomic E-state index is -0.132. The van der Waals surface area contributed by atoms with Crippen LogP contribution < -0.4 is 5.32 Å². The molecule has 1 N–H and O–H groups in total. The Morgan fingerprint density at radius 2 is 2.12 bits per heavy atom. The van der Waals surface area contributed by atoms with Crippen LogP contribution in [-0.4, -0.2) is 72.6 Å². The topological polar surface area (TPSA) is 75.0 Å². The Hall–Kier alpha value is -1.51. The number of hydrogen-bond acceptors (Lipinski definition) is 6. The van der Waals surface area contributed by atoms with Crippen LogP contribution in [0.25, 0.3) is 0 Å². The number of carbonyl (C=O) groups excluding carboxylic acids is 2. The lowest BCUT2D eigenvalue weighted by Gasteiger charge is -2.33. The van der Waals surface area contributed by atoms with Gasteiger partial charge < -0.3 is 19.4 Å². The molecule has 2 amide bonds. The van der Waals surface area contributed by atoms with E-state index in [1.54, 1.807) is 4.90 Å². The quantitative estimate of drug-likeness (QED) is 0.830.